The standard InChI is InChI=1S/C16H16BrNO.ClH/c17-12-6-7-16(14(8-12)13-9-15(13)18)19-10-11-4-2-1-3-5-11;/h1-8,13,15H,9-10,18H2;1H/t13-,15+;/m0./s1. The Morgan fingerprint density at radius 1 is 1.15 bits per heavy atom. The van der Waals surface area contributed by atoms with Gasteiger partial charge in [0.15, 0.2) is 0 Å². The van der Waals surface area contributed by atoms with E-state index in [0.717, 1.165) is 16.6 Å². The van der Waals surface area contributed by atoms with Crippen molar-refractivity contribution in [3.05, 3.63) is 64.1 Å². The van der Waals surface area contributed by atoms with E-state index in [0.29, 0.717) is 12.5 Å². The van der Waals surface area contributed by atoms with Crippen LogP contribution in [0.1, 0.15) is 23.5 Å². The molecule has 2 atom stereocenters. The van der Waals surface area contributed by atoms with Gasteiger partial charge in [-0.2, -0.15) is 0 Å². The van der Waals surface area contributed by atoms with Gasteiger partial charge in [0.2, 0.25) is 0 Å². The van der Waals surface area contributed by atoms with E-state index < -0.39 is 0 Å². The number of nitrogens with two attached hydrogens (primary N) is 1. The van der Waals surface area contributed by atoms with E-state index >= 15 is 0 Å². The first-order valence-corrected chi connectivity index (χ1v) is 7.25. The van der Waals surface area contributed by atoms with E-state index in [-0.39, 0.29) is 18.4 Å². The van der Waals surface area contributed by atoms with Crippen molar-refractivity contribution in [1.29, 1.82) is 0 Å². The van der Waals surface area contributed by atoms with Crippen molar-refractivity contribution in [2.24, 2.45) is 5.73 Å². The van der Waals surface area contributed by atoms with Crippen molar-refractivity contribution < 1.29 is 4.74 Å². The van der Waals surface area contributed by atoms with Crippen LogP contribution in [0.2, 0.25) is 0 Å². The fourth-order valence-corrected chi connectivity index (χ4v) is 2.63. The van der Waals surface area contributed by atoms with Crippen LogP contribution in [0.25, 0.3) is 0 Å². The minimum Gasteiger partial charge on any atom is -0.489 e. The second kappa shape index (κ2) is 6.61. The Morgan fingerprint density at radius 3 is 2.50 bits per heavy atom. The Kier molecular flexibility index (Phi) is 5.08. The first-order chi connectivity index (χ1) is 9.24. The minimum atomic E-state index is 0. The van der Waals surface area contributed by atoms with E-state index in [9.17, 15) is 0 Å². The molecule has 0 radical (unpaired) electrons. The zero-order chi connectivity index (χ0) is 13.2. The lowest BCUT2D eigenvalue weighted by atomic mass is 10.1. The van der Waals surface area contributed by atoms with Crippen molar-refractivity contribution in [3.63, 3.8) is 0 Å². The average Bonchev–Trinajstić information content (AvgIpc) is 3.15. The highest BCUT2D eigenvalue weighted by atomic mass is 79.9. The summed E-state index contributed by atoms with van der Waals surface area (Å²) in [6.45, 7) is 0.595. The summed E-state index contributed by atoms with van der Waals surface area (Å²) in [5.41, 5.74) is 8.35. The molecule has 0 aromatic heterocycles. The maximum atomic E-state index is 5.95. The molecule has 20 heavy (non-hydrogen) atoms. The zero-order valence-electron chi connectivity index (χ0n) is 11.0. The van der Waals surface area contributed by atoms with E-state index in [1.54, 1.807) is 0 Å². The highest BCUT2D eigenvalue weighted by Crippen LogP contribution is 2.44. The topological polar surface area (TPSA) is 35.2 Å². The Hall–Kier alpha value is -1.03. The highest BCUT2D eigenvalue weighted by Gasteiger charge is 2.37. The van der Waals surface area contributed by atoms with Crippen molar-refractivity contribution in [1.82, 2.24) is 0 Å². The Morgan fingerprint density at radius 2 is 1.85 bits per heavy atom. The molecule has 0 saturated heterocycles. The number of halogens is 2. The van der Waals surface area contributed by atoms with E-state index in [2.05, 4.69) is 34.1 Å². The predicted molar refractivity (Wildman–Crippen MR) is 87.5 cm³/mol. The minimum absolute atomic E-state index is 0. The third-order valence-corrected chi connectivity index (χ3v) is 3.94. The fraction of sp³-hybridized carbons (Fsp3) is 0.250. The van der Waals surface area contributed by atoms with Gasteiger partial charge in [-0.1, -0.05) is 46.3 Å². The quantitative estimate of drug-likeness (QED) is 0.890. The first kappa shape index (κ1) is 15.4. The van der Waals surface area contributed by atoms with Gasteiger partial charge in [0, 0.05) is 16.4 Å². The summed E-state index contributed by atoms with van der Waals surface area (Å²) >= 11 is 3.51. The van der Waals surface area contributed by atoms with E-state index in [1.165, 1.54) is 11.1 Å². The highest BCUT2D eigenvalue weighted by molar-refractivity contribution is 9.10. The van der Waals surface area contributed by atoms with Crippen LogP contribution in [-0.4, -0.2) is 6.04 Å². The molecule has 0 aliphatic heterocycles. The number of ether oxygens (including phenoxy) is 1. The molecule has 0 unspecified atom stereocenters. The van der Waals surface area contributed by atoms with Crippen LogP contribution in [0.3, 0.4) is 0 Å². The van der Waals surface area contributed by atoms with Gasteiger partial charge in [-0.05, 0) is 35.7 Å². The Bertz CT molecular complexity index is 576. The van der Waals surface area contributed by atoms with Gasteiger partial charge < -0.3 is 10.5 Å². The molecule has 2 nitrogen and oxygen atoms in total. The lowest BCUT2D eigenvalue weighted by Crippen LogP contribution is -2.03. The summed E-state index contributed by atoms with van der Waals surface area (Å²) in [6, 6.07) is 16.6. The Balaban J connectivity index is 0.00000147. The molecule has 1 aliphatic carbocycles. The molecule has 0 spiro atoms. The molecule has 4 heteroatoms. The van der Waals surface area contributed by atoms with Crippen LogP contribution >= 0.6 is 28.3 Å². The molecule has 2 aromatic carbocycles. The van der Waals surface area contributed by atoms with Gasteiger partial charge in [0.1, 0.15) is 12.4 Å². The molecular formula is C16H17BrClNO. The van der Waals surface area contributed by atoms with Crippen LogP contribution in [0.5, 0.6) is 5.75 Å². The molecule has 1 aliphatic rings. The molecule has 0 amide bonds. The predicted octanol–water partition coefficient (Wildman–Crippen LogP) is 4.26. The van der Waals surface area contributed by atoms with Crippen LogP contribution < -0.4 is 10.5 Å². The maximum Gasteiger partial charge on any atom is 0.123 e. The molecule has 0 bridgehead atoms. The molecule has 3 rings (SSSR count). The van der Waals surface area contributed by atoms with Gasteiger partial charge in [-0.3, -0.25) is 0 Å². The summed E-state index contributed by atoms with van der Waals surface area (Å²) in [7, 11) is 0. The van der Waals surface area contributed by atoms with Crippen LogP contribution in [0, 0.1) is 0 Å². The molecule has 106 valence electrons. The van der Waals surface area contributed by atoms with Gasteiger partial charge in [-0.15, -0.1) is 12.4 Å². The van der Waals surface area contributed by atoms with Gasteiger partial charge >= 0.3 is 0 Å². The smallest absolute Gasteiger partial charge is 0.123 e. The third-order valence-electron chi connectivity index (χ3n) is 3.45. The molecule has 1 fully saturated rings. The Labute approximate surface area is 133 Å². The lowest BCUT2D eigenvalue weighted by molar-refractivity contribution is 0.303. The van der Waals surface area contributed by atoms with Crippen LogP contribution in [-0.2, 0) is 6.61 Å². The fourth-order valence-electron chi connectivity index (χ4n) is 2.25. The monoisotopic (exact) mass is 353 g/mol. The first-order valence-electron chi connectivity index (χ1n) is 6.46. The molecule has 0 heterocycles. The van der Waals surface area contributed by atoms with Gasteiger partial charge in [0.05, 0.1) is 0 Å². The zero-order valence-corrected chi connectivity index (χ0v) is 13.4. The summed E-state index contributed by atoms with van der Waals surface area (Å²) in [5, 5.41) is 0. The van der Waals surface area contributed by atoms with Crippen LogP contribution in [0.15, 0.2) is 53.0 Å². The summed E-state index contributed by atoms with van der Waals surface area (Å²) < 4.78 is 7.03. The van der Waals surface area contributed by atoms with Crippen LogP contribution in [0.4, 0.5) is 0 Å². The number of hydrogen-bond donors (Lipinski definition) is 1. The van der Waals surface area contributed by atoms with Gasteiger partial charge in [-0.25, -0.2) is 0 Å². The second-order valence-corrected chi connectivity index (χ2v) is 5.88. The molecule has 1 saturated carbocycles. The van der Waals surface area contributed by atoms with Crippen molar-refractivity contribution in [3.8, 4) is 5.75 Å². The molecule has 2 aromatic rings. The number of rotatable bonds is 4. The average molecular weight is 355 g/mol. The summed E-state index contributed by atoms with van der Waals surface area (Å²) in [6.07, 6.45) is 1.05. The van der Waals surface area contributed by atoms with Gasteiger partial charge in [0.25, 0.3) is 0 Å². The second-order valence-electron chi connectivity index (χ2n) is 4.96. The molecular weight excluding hydrogens is 338 g/mol. The summed E-state index contributed by atoms with van der Waals surface area (Å²) in [4.78, 5) is 0. The summed E-state index contributed by atoms with van der Waals surface area (Å²) in [5.74, 6) is 1.40. The van der Waals surface area contributed by atoms with Crippen molar-refractivity contribution >= 4 is 28.3 Å². The van der Waals surface area contributed by atoms with Crippen molar-refractivity contribution in [2.45, 2.75) is 25.0 Å². The third kappa shape index (κ3) is 3.54. The molecule has 2 N–H and O–H groups in total. The lowest BCUT2D eigenvalue weighted by Gasteiger charge is -2.12. The normalized spacial score (nSPS) is 20.1. The van der Waals surface area contributed by atoms with E-state index in [1.807, 2.05) is 30.3 Å². The number of benzene rings is 2. The largest absolute Gasteiger partial charge is 0.489 e. The SMILES string of the molecule is Cl.N[C@@H]1C[C@H]1c1cc(Br)ccc1OCc1ccccc1. The van der Waals surface area contributed by atoms with Crippen molar-refractivity contribution in [2.75, 3.05) is 0 Å². The number of hydrogen-bond acceptors (Lipinski definition) is 2. The maximum absolute atomic E-state index is 5.95. The van der Waals surface area contributed by atoms with E-state index in [4.69, 9.17) is 10.5 Å².